The lowest BCUT2D eigenvalue weighted by molar-refractivity contribution is 0.104. The van der Waals surface area contributed by atoms with Crippen LogP contribution in [-0.2, 0) is 0 Å². The Hall–Kier alpha value is -2.12. The highest BCUT2D eigenvalue weighted by Gasteiger charge is 2.02. The largest absolute Gasteiger partial charge is 0.289 e. The van der Waals surface area contributed by atoms with Crippen molar-refractivity contribution in [3.8, 4) is 0 Å². The van der Waals surface area contributed by atoms with Gasteiger partial charge in [-0.05, 0) is 54.3 Å². The molecule has 0 aliphatic heterocycles. The minimum Gasteiger partial charge on any atom is -0.289 e. The fourth-order valence-electron chi connectivity index (χ4n) is 2.44. The van der Waals surface area contributed by atoms with Crippen LogP contribution in [-0.4, -0.2) is 5.78 Å². The summed E-state index contributed by atoms with van der Waals surface area (Å²) < 4.78 is 0. The summed E-state index contributed by atoms with van der Waals surface area (Å²) in [4.78, 5) is 12.3. The maximum absolute atomic E-state index is 12.3. The van der Waals surface area contributed by atoms with Gasteiger partial charge in [-0.15, -0.1) is 0 Å². The average Bonchev–Trinajstić information content (AvgIpc) is 2.61. The van der Waals surface area contributed by atoms with E-state index in [2.05, 4.69) is 25.1 Å². The van der Waals surface area contributed by atoms with Crippen molar-refractivity contribution in [2.75, 3.05) is 0 Å². The molecule has 2 aromatic carbocycles. The molecular weight excluding hydrogens is 316 g/mol. The first-order valence-corrected chi connectivity index (χ1v) is 8.80. The Morgan fingerprint density at radius 2 is 1.67 bits per heavy atom. The van der Waals surface area contributed by atoms with E-state index in [1.54, 1.807) is 30.3 Å². The van der Waals surface area contributed by atoms with Crippen molar-refractivity contribution in [3.63, 3.8) is 0 Å². The van der Waals surface area contributed by atoms with E-state index in [9.17, 15) is 4.79 Å². The van der Waals surface area contributed by atoms with Crippen molar-refractivity contribution in [1.29, 1.82) is 0 Å². The van der Waals surface area contributed by atoms with Crippen molar-refractivity contribution < 1.29 is 4.79 Å². The second-order valence-corrected chi connectivity index (χ2v) is 6.23. The van der Waals surface area contributed by atoms with E-state index in [0.29, 0.717) is 10.6 Å². The molecule has 0 aromatic heterocycles. The van der Waals surface area contributed by atoms with Crippen LogP contribution in [0.1, 0.15) is 48.5 Å². The van der Waals surface area contributed by atoms with E-state index in [0.717, 1.165) is 18.4 Å². The quantitative estimate of drug-likeness (QED) is 0.225. The van der Waals surface area contributed by atoms with Crippen molar-refractivity contribution in [1.82, 2.24) is 0 Å². The predicted molar refractivity (Wildman–Crippen MR) is 103 cm³/mol. The highest BCUT2D eigenvalue weighted by molar-refractivity contribution is 6.30. The number of unbranched alkanes of at least 4 members (excludes halogenated alkanes) is 2. The van der Waals surface area contributed by atoms with Gasteiger partial charge in [-0.25, -0.2) is 0 Å². The van der Waals surface area contributed by atoms with Crippen LogP contribution in [0.3, 0.4) is 0 Å². The smallest absolute Gasteiger partial charge is 0.185 e. The van der Waals surface area contributed by atoms with E-state index >= 15 is 0 Å². The van der Waals surface area contributed by atoms with Gasteiger partial charge in [0, 0.05) is 10.6 Å². The molecule has 0 aliphatic carbocycles. The van der Waals surface area contributed by atoms with Crippen molar-refractivity contribution in [2.45, 2.75) is 32.6 Å². The van der Waals surface area contributed by atoms with E-state index < -0.39 is 0 Å². The van der Waals surface area contributed by atoms with Gasteiger partial charge in [-0.2, -0.15) is 0 Å². The van der Waals surface area contributed by atoms with Crippen molar-refractivity contribution in [2.24, 2.45) is 0 Å². The molecule has 124 valence electrons. The van der Waals surface area contributed by atoms with Crippen LogP contribution in [0.5, 0.6) is 0 Å². The second-order valence-electron chi connectivity index (χ2n) is 5.79. The van der Waals surface area contributed by atoms with E-state index in [4.69, 9.17) is 11.6 Å². The highest BCUT2D eigenvalue weighted by atomic mass is 35.5. The van der Waals surface area contributed by atoms with Gasteiger partial charge in [-0.3, -0.25) is 4.79 Å². The molecule has 2 heteroatoms. The molecule has 0 saturated heterocycles. The molecule has 0 saturated carbocycles. The summed E-state index contributed by atoms with van der Waals surface area (Å²) in [6, 6.07) is 17.2. The minimum atomic E-state index is 0.00104. The molecule has 0 unspecified atom stereocenters. The Balaban J connectivity index is 2.13. The van der Waals surface area contributed by atoms with Gasteiger partial charge < -0.3 is 0 Å². The molecule has 0 amide bonds. The van der Waals surface area contributed by atoms with E-state index in [1.807, 2.05) is 24.3 Å². The maximum atomic E-state index is 12.3. The molecule has 0 spiro atoms. The summed E-state index contributed by atoms with van der Waals surface area (Å²) in [7, 11) is 0. The van der Waals surface area contributed by atoms with Gasteiger partial charge >= 0.3 is 0 Å². The lowest BCUT2D eigenvalue weighted by atomic mass is 10.0. The first kappa shape index (κ1) is 18.2. The topological polar surface area (TPSA) is 17.1 Å². The van der Waals surface area contributed by atoms with Crippen molar-refractivity contribution >= 4 is 23.5 Å². The number of halogens is 1. The van der Waals surface area contributed by atoms with E-state index in [1.165, 1.54) is 18.4 Å². The molecule has 0 atom stereocenters. The van der Waals surface area contributed by atoms with Gasteiger partial charge in [0.25, 0.3) is 0 Å². The molecule has 0 N–H and O–H groups in total. The highest BCUT2D eigenvalue weighted by Crippen LogP contribution is 2.16. The summed E-state index contributed by atoms with van der Waals surface area (Å²) in [6.07, 6.45) is 10.3. The molecule has 2 rings (SSSR count). The summed E-state index contributed by atoms with van der Waals surface area (Å²) in [6.45, 7) is 2.19. The fraction of sp³-hybridized carbons (Fsp3) is 0.227. The van der Waals surface area contributed by atoms with Crippen LogP contribution in [0.15, 0.2) is 72.3 Å². The second kappa shape index (κ2) is 9.89. The summed E-state index contributed by atoms with van der Waals surface area (Å²) >= 11 is 5.87. The SMILES string of the molecule is CCCCCC(=C/c1ccccc1)/C=C/C(=O)c1ccc(Cl)cc1. The molecule has 0 radical (unpaired) electrons. The first-order valence-electron chi connectivity index (χ1n) is 8.42. The minimum absolute atomic E-state index is 0.00104. The maximum Gasteiger partial charge on any atom is 0.185 e. The zero-order chi connectivity index (χ0) is 17.2. The molecule has 2 aromatic rings. The number of carbonyl (C=O) groups is 1. The number of rotatable bonds is 8. The number of carbonyl (C=O) groups excluding carboxylic acids is 1. The normalized spacial score (nSPS) is 11.8. The molecular formula is C22H23ClO. The number of hydrogen-bond donors (Lipinski definition) is 0. The lowest BCUT2D eigenvalue weighted by Gasteiger charge is -2.03. The Bertz CT molecular complexity index is 697. The monoisotopic (exact) mass is 338 g/mol. The van der Waals surface area contributed by atoms with Gasteiger partial charge in [0.2, 0.25) is 0 Å². The van der Waals surface area contributed by atoms with E-state index in [-0.39, 0.29) is 5.78 Å². The van der Waals surface area contributed by atoms with Gasteiger partial charge in [0.05, 0.1) is 0 Å². The van der Waals surface area contributed by atoms with Crippen molar-refractivity contribution in [3.05, 3.63) is 88.5 Å². The summed E-state index contributed by atoms with van der Waals surface area (Å²) in [5, 5.41) is 0.639. The number of hydrogen-bond acceptors (Lipinski definition) is 1. The third kappa shape index (κ3) is 6.17. The molecule has 1 nitrogen and oxygen atoms in total. The van der Waals surface area contributed by atoms with Gasteiger partial charge in [-0.1, -0.05) is 73.9 Å². The fourth-order valence-corrected chi connectivity index (χ4v) is 2.57. The third-order valence-electron chi connectivity index (χ3n) is 3.80. The van der Waals surface area contributed by atoms with Crippen LogP contribution >= 0.6 is 11.6 Å². The summed E-state index contributed by atoms with van der Waals surface area (Å²) in [5.41, 5.74) is 2.99. The van der Waals surface area contributed by atoms with Crippen LogP contribution in [0, 0.1) is 0 Å². The first-order chi connectivity index (χ1) is 11.7. The molecule has 0 aliphatic rings. The Kier molecular flexibility index (Phi) is 7.51. The lowest BCUT2D eigenvalue weighted by Crippen LogP contribution is -1.94. The van der Waals surface area contributed by atoms with Crippen LogP contribution in [0.2, 0.25) is 5.02 Å². The number of benzene rings is 2. The molecule has 0 heterocycles. The summed E-state index contributed by atoms with van der Waals surface area (Å²) in [5.74, 6) is 0.00104. The Morgan fingerprint density at radius 3 is 2.33 bits per heavy atom. The van der Waals surface area contributed by atoms with Crippen LogP contribution in [0.4, 0.5) is 0 Å². The zero-order valence-electron chi connectivity index (χ0n) is 14.0. The molecule has 0 bridgehead atoms. The molecule has 0 fully saturated rings. The predicted octanol–water partition coefficient (Wildman–Crippen LogP) is 6.74. The zero-order valence-corrected chi connectivity index (χ0v) is 14.8. The van der Waals surface area contributed by atoms with Gasteiger partial charge in [0.15, 0.2) is 5.78 Å². The molecule has 24 heavy (non-hydrogen) atoms. The standard InChI is InChI=1S/C22H23ClO/c1-2-3-5-8-19(17-18-9-6-4-7-10-18)11-16-22(24)20-12-14-21(23)15-13-20/h4,6-7,9-17H,2-3,5,8H2,1H3/b16-11+,19-17-. The van der Waals surface area contributed by atoms with Crippen LogP contribution < -0.4 is 0 Å². The third-order valence-corrected chi connectivity index (χ3v) is 4.05. The Morgan fingerprint density at radius 1 is 0.958 bits per heavy atom. The Labute approximate surface area is 149 Å². The number of allylic oxidation sites excluding steroid dienone is 3. The number of ketones is 1. The van der Waals surface area contributed by atoms with Crippen LogP contribution in [0.25, 0.3) is 6.08 Å². The average molecular weight is 339 g/mol. The van der Waals surface area contributed by atoms with Gasteiger partial charge in [0.1, 0.15) is 0 Å².